The second kappa shape index (κ2) is 10.4. The Bertz CT molecular complexity index is 599. The van der Waals surface area contributed by atoms with Crippen LogP contribution in [0, 0.1) is 5.92 Å². The van der Waals surface area contributed by atoms with Crippen molar-refractivity contribution in [3.8, 4) is 0 Å². The molecule has 2 N–H and O–H groups in total. The lowest BCUT2D eigenvalue weighted by Crippen LogP contribution is -2.50. The zero-order valence-corrected chi connectivity index (χ0v) is 15.0. The molecule has 1 aliphatic carbocycles. The molecule has 7 nitrogen and oxygen atoms in total. The number of alkyl carbamates (subject to hydrolysis) is 1. The minimum Gasteiger partial charge on any atom is -0.467 e. The summed E-state index contributed by atoms with van der Waals surface area (Å²) in [5, 5.41) is 5.08. The first-order chi connectivity index (χ1) is 12.6. The van der Waals surface area contributed by atoms with Gasteiger partial charge in [0, 0.05) is 0 Å². The maximum atomic E-state index is 12.1. The fourth-order valence-electron chi connectivity index (χ4n) is 3.11. The van der Waals surface area contributed by atoms with Crippen LogP contribution in [0.15, 0.2) is 30.3 Å². The van der Waals surface area contributed by atoms with Crippen LogP contribution in [0.4, 0.5) is 4.79 Å². The van der Waals surface area contributed by atoms with E-state index in [1.54, 1.807) is 0 Å². The summed E-state index contributed by atoms with van der Waals surface area (Å²) >= 11 is 0. The standard InChI is InChI=1S/C19H26N2O5/c1-25-18(23)17(15-10-6-3-7-11-15)21-16(22)12-20-19(24)26-13-14-8-4-2-5-9-14/h2,4-5,8-9,15,17H,3,6-7,10-13H2,1H3,(H,20,24)(H,21,22)/t17-/m0/s1. The fourth-order valence-corrected chi connectivity index (χ4v) is 3.11. The SMILES string of the molecule is COC(=O)[C@@H](NC(=O)CNC(=O)OCc1ccccc1)C1CCCCC1. The molecule has 1 aromatic carbocycles. The van der Waals surface area contributed by atoms with Crippen LogP contribution in [0.2, 0.25) is 0 Å². The molecule has 1 fully saturated rings. The number of esters is 1. The number of methoxy groups -OCH3 is 1. The molecule has 0 aromatic heterocycles. The van der Waals surface area contributed by atoms with Crippen LogP contribution in [-0.2, 0) is 25.7 Å². The number of hydrogen-bond donors (Lipinski definition) is 2. The first-order valence-corrected chi connectivity index (χ1v) is 8.92. The molecule has 7 heteroatoms. The Balaban J connectivity index is 1.76. The van der Waals surface area contributed by atoms with Gasteiger partial charge in [0.05, 0.1) is 7.11 Å². The molecule has 0 radical (unpaired) electrons. The molecular weight excluding hydrogens is 336 g/mol. The summed E-state index contributed by atoms with van der Waals surface area (Å²) in [7, 11) is 1.31. The average molecular weight is 362 g/mol. The minimum atomic E-state index is -0.684. The smallest absolute Gasteiger partial charge is 0.407 e. The average Bonchev–Trinajstić information content (AvgIpc) is 2.69. The molecule has 0 saturated heterocycles. The van der Waals surface area contributed by atoms with Gasteiger partial charge in [-0.3, -0.25) is 4.79 Å². The second-order valence-corrected chi connectivity index (χ2v) is 6.38. The third-order valence-corrected chi connectivity index (χ3v) is 4.50. The highest BCUT2D eigenvalue weighted by Crippen LogP contribution is 2.27. The van der Waals surface area contributed by atoms with Gasteiger partial charge in [0.15, 0.2) is 0 Å². The van der Waals surface area contributed by atoms with Gasteiger partial charge in [-0.05, 0) is 24.3 Å². The van der Waals surface area contributed by atoms with Gasteiger partial charge in [-0.2, -0.15) is 0 Å². The van der Waals surface area contributed by atoms with E-state index in [4.69, 9.17) is 9.47 Å². The Morgan fingerprint density at radius 2 is 1.81 bits per heavy atom. The summed E-state index contributed by atoms with van der Waals surface area (Å²) in [4.78, 5) is 35.8. The second-order valence-electron chi connectivity index (χ2n) is 6.38. The van der Waals surface area contributed by atoms with Crippen LogP contribution in [0.1, 0.15) is 37.7 Å². The lowest BCUT2D eigenvalue weighted by atomic mass is 9.84. The van der Waals surface area contributed by atoms with E-state index in [-0.39, 0.29) is 19.1 Å². The monoisotopic (exact) mass is 362 g/mol. The van der Waals surface area contributed by atoms with Gasteiger partial charge in [-0.25, -0.2) is 9.59 Å². The largest absolute Gasteiger partial charge is 0.467 e. The van der Waals surface area contributed by atoms with Crippen molar-refractivity contribution in [3.05, 3.63) is 35.9 Å². The van der Waals surface area contributed by atoms with Crippen LogP contribution in [0.3, 0.4) is 0 Å². The van der Waals surface area contributed by atoms with Gasteiger partial charge in [0.25, 0.3) is 0 Å². The molecule has 0 unspecified atom stereocenters. The Labute approximate surface area is 153 Å². The lowest BCUT2D eigenvalue weighted by Gasteiger charge is -2.29. The van der Waals surface area contributed by atoms with Crippen LogP contribution >= 0.6 is 0 Å². The number of rotatable bonds is 7. The van der Waals surface area contributed by atoms with E-state index in [1.807, 2.05) is 30.3 Å². The molecule has 2 amide bonds. The van der Waals surface area contributed by atoms with Gasteiger partial charge in [-0.1, -0.05) is 49.6 Å². The highest BCUT2D eigenvalue weighted by molar-refractivity contribution is 5.87. The number of carbonyl (C=O) groups excluding carboxylic acids is 3. The third-order valence-electron chi connectivity index (χ3n) is 4.50. The van der Waals surface area contributed by atoms with Gasteiger partial charge in [0.1, 0.15) is 19.2 Å². The van der Waals surface area contributed by atoms with Gasteiger partial charge in [-0.15, -0.1) is 0 Å². The first kappa shape index (κ1) is 19.8. The van der Waals surface area contributed by atoms with E-state index in [1.165, 1.54) is 7.11 Å². The van der Waals surface area contributed by atoms with Crippen molar-refractivity contribution in [1.29, 1.82) is 0 Å². The summed E-state index contributed by atoms with van der Waals surface area (Å²) in [5.74, 6) is -0.815. The Morgan fingerprint density at radius 1 is 1.12 bits per heavy atom. The molecule has 0 spiro atoms. The van der Waals surface area contributed by atoms with Crippen molar-refractivity contribution in [2.24, 2.45) is 5.92 Å². The van der Waals surface area contributed by atoms with E-state index >= 15 is 0 Å². The topological polar surface area (TPSA) is 93.7 Å². The number of hydrogen-bond acceptors (Lipinski definition) is 5. The normalized spacial score (nSPS) is 15.6. The number of nitrogens with one attached hydrogen (secondary N) is 2. The van der Waals surface area contributed by atoms with Crippen molar-refractivity contribution in [3.63, 3.8) is 0 Å². The fraction of sp³-hybridized carbons (Fsp3) is 0.526. The van der Waals surface area contributed by atoms with Crippen molar-refractivity contribution in [2.45, 2.75) is 44.8 Å². The summed E-state index contributed by atoms with van der Waals surface area (Å²) in [6.45, 7) is -0.130. The van der Waals surface area contributed by atoms with E-state index in [0.717, 1.165) is 37.7 Å². The van der Waals surface area contributed by atoms with Gasteiger partial charge < -0.3 is 20.1 Å². The van der Waals surface area contributed by atoms with Gasteiger partial charge >= 0.3 is 12.1 Å². The predicted molar refractivity (Wildman–Crippen MR) is 95.2 cm³/mol. The third kappa shape index (κ3) is 6.38. The summed E-state index contributed by atoms with van der Waals surface area (Å²) in [5.41, 5.74) is 0.857. The number of carbonyl (C=O) groups is 3. The molecule has 1 aliphatic rings. The molecule has 142 valence electrons. The first-order valence-electron chi connectivity index (χ1n) is 8.92. The van der Waals surface area contributed by atoms with Crippen molar-refractivity contribution in [1.82, 2.24) is 10.6 Å². The highest BCUT2D eigenvalue weighted by Gasteiger charge is 2.31. The van der Waals surface area contributed by atoms with E-state index < -0.39 is 24.0 Å². The zero-order valence-electron chi connectivity index (χ0n) is 15.0. The maximum Gasteiger partial charge on any atom is 0.407 e. The van der Waals surface area contributed by atoms with Crippen molar-refractivity contribution in [2.75, 3.05) is 13.7 Å². The zero-order chi connectivity index (χ0) is 18.8. The summed E-state index contributed by atoms with van der Waals surface area (Å²) < 4.78 is 9.86. The van der Waals surface area contributed by atoms with Crippen LogP contribution in [-0.4, -0.2) is 37.7 Å². The highest BCUT2D eigenvalue weighted by atomic mass is 16.5. The maximum absolute atomic E-state index is 12.1. The quantitative estimate of drug-likeness (QED) is 0.725. The Kier molecular flexibility index (Phi) is 7.92. The van der Waals surface area contributed by atoms with E-state index in [9.17, 15) is 14.4 Å². The lowest BCUT2D eigenvalue weighted by molar-refractivity contribution is -0.147. The molecular formula is C19H26N2O5. The van der Waals surface area contributed by atoms with Gasteiger partial charge in [0.2, 0.25) is 5.91 Å². The Morgan fingerprint density at radius 3 is 2.46 bits per heavy atom. The number of ether oxygens (including phenoxy) is 2. The molecule has 0 bridgehead atoms. The Hall–Kier alpha value is -2.57. The molecule has 0 heterocycles. The van der Waals surface area contributed by atoms with Crippen LogP contribution in [0.25, 0.3) is 0 Å². The predicted octanol–water partition coefficient (Wildman–Crippen LogP) is 2.15. The number of amides is 2. The van der Waals surface area contributed by atoms with Crippen molar-refractivity contribution < 1.29 is 23.9 Å². The summed E-state index contributed by atoms with van der Waals surface area (Å²) in [6, 6.07) is 8.58. The van der Waals surface area contributed by atoms with Crippen molar-refractivity contribution >= 4 is 18.0 Å². The molecule has 26 heavy (non-hydrogen) atoms. The number of benzene rings is 1. The molecule has 2 rings (SSSR count). The molecule has 0 aliphatic heterocycles. The summed E-state index contributed by atoms with van der Waals surface area (Å²) in [6.07, 6.45) is 4.30. The molecule has 1 saturated carbocycles. The molecule has 1 aromatic rings. The molecule has 1 atom stereocenters. The van der Waals surface area contributed by atoms with E-state index in [0.29, 0.717) is 0 Å². The minimum absolute atomic E-state index is 0.0742. The van der Waals surface area contributed by atoms with Crippen LogP contribution in [0.5, 0.6) is 0 Å². The van der Waals surface area contributed by atoms with Crippen LogP contribution < -0.4 is 10.6 Å². The van der Waals surface area contributed by atoms with E-state index in [2.05, 4.69) is 10.6 Å².